The lowest BCUT2D eigenvalue weighted by atomic mass is 10.1. The molecule has 2 nitrogen and oxygen atoms in total. The minimum Gasteiger partial charge on any atom is -0.389 e. The summed E-state index contributed by atoms with van der Waals surface area (Å²) in [4.78, 5) is 2.91. The summed E-state index contributed by atoms with van der Waals surface area (Å²) < 4.78 is 0. The first-order chi connectivity index (χ1) is 7.59. The summed E-state index contributed by atoms with van der Waals surface area (Å²) in [5, 5.41) is 0. The van der Waals surface area contributed by atoms with Crippen molar-refractivity contribution >= 4 is 22.9 Å². The van der Waals surface area contributed by atoms with Crippen molar-refractivity contribution in [2.75, 3.05) is 11.4 Å². The predicted molar refractivity (Wildman–Crippen MR) is 73.1 cm³/mol. The second kappa shape index (κ2) is 4.42. The van der Waals surface area contributed by atoms with Crippen LogP contribution in [0.15, 0.2) is 18.2 Å². The van der Waals surface area contributed by atoms with Crippen LogP contribution in [-0.2, 0) is 0 Å². The van der Waals surface area contributed by atoms with Crippen molar-refractivity contribution in [2.45, 2.75) is 32.7 Å². The van der Waals surface area contributed by atoms with Crippen LogP contribution >= 0.6 is 12.2 Å². The molecule has 1 aromatic carbocycles. The van der Waals surface area contributed by atoms with Crippen LogP contribution in [0.25, 0.3) is 0 Å². The Kier molecular flexibility index (Phi) is 3.15. The Labute approximate surface area is 102 Å². The van der Waals surface area contributed by atoms with Gasteiger partial charge in [-0.05, 0) is 38.8 Å². The smallest absolute Gasteiger partial charge is 0.106 e. The molecule has 0 spiro atoms. The molecule has 1 heterocycles. The monoisotopic (exact) mass is 234 g/mol. The molecule has 0 saturated carbocycles. The molecule has 1 unspecified atom stereocenters. The van der Waals surface area contributed by atoms with Crippen molar-refractivity contribution in [3.05, 3.63) is 29.3 Å². The molecule has 1 aromatic rings. The molecule has 2 N–H and O–H groups in total. The Bertz CT molecular complexity index is 414. The quantitative estimate of drug-likeness (QED) is 0.798. The van der Waals surface area contributed by atoms with Gasteiger partial charge in [-0.3, -0.25) is 0 Å². The van der Waals surface area contributed by atoms with Crippen LogP contribution in [0.4, 0.5) is 5.69 Å². The highest BCUT2D eigenvalue weighted by molar-refractivity contribution is 7.80. The molecule has 1 fully saturated rings. The normalized spacial score (nSPS) is 20.1. The summed E-state index contributed by atoms with van der Waals surface area (Å²) in [7, 11) is 0. The average Bonchev–Trinajstić information content (AvgIpc) is 2.64. The standard InChI is InChI=1S/C13H18N2S/c1-9-5-6-12(11(8-9)13(14)16)15-7-3-4-10(15)2/h5-6,8,10H,3-4,7H2,1-2H3,(H2,14,16). The predicted octanol–water partition coefficient (Wildman–Crippen LogP) is 2.62. The van der Waals surface area contributed by atoms with E-state index in [1.165, 1.54) is 24.1 Å². The van der Waals surface area contributed by atoms with Gasteiger partial charge in [0.2, 0.25) is 0 Å². The van der Waals surface area contributed by atoms with E-state index < -0.39 is 0 Å². The van der Waals surface area contributed by atoms with Crippen molar-refractivity contribution in [1.82, 2.24) is 0 Å². The number of hydrogen-bond donors (Lipinski definition) is 1. The fourth-order valence-electron chi connectivity index (χ4n) is 2.39. The molecule has 86 valence electrons. The van der Waals surface area contributed by atoms with Gasteiger partial charge in [0.05, 0.1) is 0 Å². The zero-order chi connectivity index (χ0) is 11.7. The molecule has 16 heavy (non-hydrogen) atoms. The van der Waals surface area contributed by atoms with Gasteiger partial charge in [0.25, 0.3) is 0 Å². The van der Waals surface area contributed by atoms with E-state index in [0.717, 1.165) is 12.1 Å². The van der Waals surface area contributed by atoms with Crippen LogP contribution in [0, 0.1) is 6.92 Å². The lowest BCUT2D eigenvalue weighted by molar-refractivity contribution is 0.734. The Hall–Kier alpha value is -1.09. The van der Waals surface area contributed by atoms with Crippen LogP contribution in [0.5, 0.6) is 0 Å². The molecule has 0 aromatic heterocycles. The molecule has 3 heteroatoms. The second-order valence-electron chi connectivity index (χ2n) is 4.57. The zero-order valence-corrected chi connectivity index (χ0v) is 10.7. The van der Waals surface area contributed by atoms with E-state index >= 15 is 0 Å². The van der Waals surface area contributed by atoms with Crippen molar-refractivity contribution in [1.29, 1.82) is 0 Å². The number of nitrogens with zero attached hydrogens (tertiary/aromatic N) is 1. The maximum absolute atomic E-state index is 5.80. The van der Waals surface area contributed by atoms with Gasteiger partial charge < -0.3 is 10.6 Å². The van der Waals surface area contributed by atoms with Crippen molar-refractivity contribution in [2.24, 2.45) is 5.73 Å². The Morgan fingerprint density at radius 3 is 2.81 bits per heavy atom. The molecule has 1 aliphatic heterocycles. The second-order valence-corrected chi connectivity index (χ2v) is 5.01. The van der Waals surface area contributed by atoms with Crippen molar-refractivity contribution in [3.8, 4) is 0 Å². The SMILES string of the molecule is Cc1ccc(N2CCCC2C)c(C(N)=S)c1. The summed E-state index contributed by atoms with van der Waals surface area (Å²) in [5.41, 5.74) is 9.22. The summed E-state index contributed by atoms with van der Waals surface area (Å²) >= 11 is 5.13. The van der Waals surface area contributed by atoms with Crippen LogP contribution in [0.3, 0.4) is 0 Å². The number of aryl methyl sites for hydroxylation is 1. The minimum atomic E-state index is 0.498. The van der Waals surface area contributed by atoms with Gasteiger partial charge in [0.1, 0.15) is 4.99 Å². The van der Waals surface area contributed by atoms with E-state index in [1.54, 1.807) is 0 Å². The lowest BCUT2D eigenvalue weighted by Gasteiger charge is -2.26. The van der Waals surface area contributed by atoms with Crippen LogP contribution in [-0.4, -0.2) is 17.6 Å². The van der Waals surface area contributed by atoms with Gasteiger partial charge in [-0.25, -0.2) is 0 Å². The third-order valence-electron chi connectivity index (χ3n) is 3.28. The number of anilines is 1. The van der Waals surface area contributed by atoms with E-state index in [0.29, 0.717) is 11.0 Å². The van der Waals surface area contributed by atoms with Gasteiger partial charge in [0, 0.05) is 23.8 Å². The molecular formula is C13H18N2S. The van der Waals surface area contributed by atoms with Gasteiger partial charge in [0.15, 0.2) is 0 Å². The molecule has 0 aliphatic carbocycles. The van der Waals surface area contributed by atoms with Gasteiger partial charge in [-0.1, -0.05) is 23.8 Å². The molecule has 1 aliphatic rings. The topological polar surface area (TPSA) is 29.3 Å². The average molecular weight is 234 g/mol. The molecule has 0 bridgehead atoms. The third kappa shape index (κ3) is 2.05. The van der Waals surface area contributed by atoms with E-state index in [-0.39, 0.29) is 0 Å². The van der Waals surface area contributed by atoms with Crippen molar-refractivity contribution < 1.29 is 0 Å². The first-order valence-corrected chi connectivity index (χ1v) is 6.17. The Morgan fingerprint density at radius 1 is 1.50 bits per heavy atom. The van der Waals surface area contributed by atoms with Gasteiger partial charge in [-0.2, -0.15) is 0 Å². The summed E-state index contributed by atoms with van der Waals surface area (Å²) in [5.74, 6) is 0. The third-order valence-corrected chi connectivity index (χ3v) is 3.50. The van der Waals surface area contributed by atoms with Gasteiger partial charge in [-0.15, -0.1) is 0 Å². The van der Waals surface area contributed by atoms with E-state index in [9.17, 15) is 0 Å². The maximum atomic E-state index is 5.80. The Balaban J connectivity index is 2.43. The highest BCUT2D eigenvalue weighted by Gasteiger charge is 2.23. The highest BCUT2D eigenvalue weighted by Crippen LogP contribution is 2.29. The fourth-order valence-corrected chi connectivity index (χ4v) is 2.55. The molecular weight excluding hydrogens is 216 g/mol. The summed E-state index contributed by atoms with van der Waals surface area (Å²) in [6.07, 6.45) is 2.51. The largest absolute Gasteiger partial charge is 0.389 e. The lowest BCUT2D eigenvalue weighted by Crippen LogP contribution is -2.29. The number of rotatable bonds is 2. The number of benzene rings is 1. The van der Waals surface area contributed by atoms with Crippen LogP contribution in [0.1, 0.15) is 30.9 Å². The highest BCUT2D eigenvalue weighted by atomic mass is 32.1. The molecule has 1 saturated heterocycles. The van der Waals surface area contributed by atoms with E-state index in [1.807, 2.05) is 0 Å². The number of nitrogens with two attached hydrogens (primary N) is 1. The van der Waals surface area contributed by atoms with Crippen LogP contribution < -0.4 is 10.6 Å². The zero-order valence-electron chi connectivity index (χ0n) is 9.86. The summed E-state index contributed by atoms with van der Waals surface area (Å²) in [6.45, 7) is 5.44. The Morgan fingerprint density at radius 2 is 2.25 bits per heavy atom. The van der Waals surface area contributed by atoms with Crippen LogP contribution in [0.2, 0.25) is 0 Å². The maximum Gasteiger partial charge on any atom is 0.106 e. The van der Waals surface area contributed by atoms with E-state index in [4.69, 9.17) is 18.0 Å². The first kappa shape index (κ1) is 11.4. The minimum absolute atomic E-state index is 0.498. The molecule has 0 amide bonds. The number of hydrogen-bond acceptors (Lipinski definition) is 2. The van der Waals surface area contributed by atoms with Gasteiger partial charge >= 0.3 is 0 Å². The number of thiocarbonyl (C=S) groups is 1. The van der Waals surface area contributed by atoms with Crippen molar-refractivity contribution in [3.63, 3.8) is 0 Å². The molecule has 2 rings (SSSR count). The first-order valence-electron chi connectivity index (χ1n) is 5.76. The molecule has 0 radical (unpaired) electrons. The fraction of sp³-hybridized carbons (Fsp3) is 0.462. The summed E-state index contributed by atoms with van der Waals surface area (Å²) in [6, 6.07) is 6.95. The van der Waals surface area contributed by atoms with E-state index in [2.05, 4.69) is 36.9 Å². The molecule has 1 atom stereocenters.